The maximum absolute atomic E-state index is 12.8. The lowest BCUT2D eigenvalue weighted by molar-refractivity contribution is -0.385. The van der Waals surface area contributed by atoms with Gasteiger partial charge in [0.05, 0.1) is 35.5 Å². The average molecular weight is 399 g/mol. The molecule has 9 heteroatoms. The molecule has 0 saturated carbocycles. The zero-order valence-corrected chi connectivity index (χ0v) is 16.3. The molecular formula is C20H21N3O6. The van der Waals surface area contributed by atoms with E-state index in [2.05, 4.69) is 5.32 Å². The van der Waals surface area contributed by atoms with Crippen LogP contribution in [0.15, 0.2) is 42.5 Å². The molecule has 29 heavy (non-hydrogen) atoms. The molecule has 0 bridgehead atoms. The summed E-state index contributed by atoms with van der Waals surface area (Å²) >= 11 is 0. The van der Waals surface area contributed by atoms with Crippen molar-refractivity contribution in [1.82, 2.24) is 0 Å². The summed E-state index contributed by atoms with van der Waals surface area (Å²) in [5.74, 6) is -0.824. The zero-order chi connectivity index (χ0) is 21.2. The van der Waals surface area contributed by atoms with Crippen molar-refractivity contribution < 1.29 is 24.0 Å². The van der Waals surface area contributed by atoms with Gasteiger partial charge >= 0.3 is 11.7 Å². The molecule has 0 saturated heterocycles. The topological polar surface area (TPSA) is 111 Å². The van der Waals surface area contributed by atoms with Crippen LogP contribution < -0.4 is 15.0 Å². The van der Waals surface area contributed by atoms with Gasteiger partial charge in [0.2, 0.25) is 0 Å². The first-order chi connectivity index (χ1) is 13.7. The Morgan fingerprint density at radius 3 is 2.66 bits per heavy atom. The van der Waals surface area contributed by atoms with E-state index < -0.39 is 16.4 Å². The number of nitro groups is 1. The number of carbonyl (C=O) groups is 2. The number of anilines is 2. The molecule has 152 valence electrons. The van der Waals surface area contributed by atoms with Gasteiger partial charge in [-0.15, -0.1) is 0 Å². The average Bonchev–Trinajstić information content (AvgIpc) is 2.69. The van der Waals surface area contributed by atoms with Crippen LogP contribution in [-0.2, 0) is 9.53 Å². The molecule has 0 fully saturated rings. The molecule has 1 aliphatic heterocycles. The summed E-state index contributed by atoms with van der Waals surface area (Å²) < 4.78 is 10.2. The normalized spacial score (nSPS) is 14.6. The van der Waals surface area contributed by atoms with E-state index >= 15 is 0 Å². The Balaban J connectivity index is 1.70. The number of para-hydroxylation sites is 2. The van der Waals surface area contributed by atoms with E-state index in [4.69, 9.17) is 9.47 Å². The summed E-state index contributed by atoms with van der Waals surface area (Å²) in [4.78, 5) is 37.1. The third-order valence-corrected chi connectivity index (χ3v) is 4.58. The Labute approximate surface area is 167 Å². The van der Waals surface area contributed by atoms with Gasteiger partial charge < -0.3 is 19.7 Å². The lowest BCUT2D eigenvalue weighted by atomic mass is 9.98. The fourth-order valence-corrected chi connectivity index (χ4v) is 3.14. The van der Waals surface area contributed by atoms with Crippen molar-refractivity contribution in [2.24, 2.45) is 0 Å². The molecule has 0 atom stereocenters. The van der Waals surface area contributed by atoms with Crippen LogP contribution >= 0.6 is 0 Å². The highest BCUT2D eigenvalue weighted by atomic mass is 16.6. The van der Waals surface area contributed by atoms with Crippen molar-refractivity contribution in [2.45, 2.75) is 19.4 Å². The van der Waals surface area contributed by atoms with E-state index in [1.807, 2.05) is 24.3 Å². The van der Waals surface area contributed by atoms with Crippen LogP contribution in [0.3, 0.4) is 0 Å². The van der Waals surface area contributed by atoms with Crippen molar-refractivity contribution in [3.05, 3.63) is 58.1 Å². The molecule has 2 aromatic carbocycles. The smallest absolute Gasteiger partial charge is 0.338 e. The Hall–Kier alpha value is -3.62. The predicted molar refractivity (Wildman–Crippen MR) is 106 cm³/mol. The highest BCUT2D eigenvalue weighted by molar-refractivity contribution is 6.07. The van der Waals surface area contributed by atoms with Crippen LogP contribution in [0, 0.1) is 10.1 Å². The number of esters is 1. The van der Waals surface area contributed by atoms with Gasteiger partial charge in [-0.1, -0.05) is 12.1 Å². The SMILES string of the molecule is COc1cc(C(=O)OCCN2C(=O)C(C)(C)Nc3ccccc32)ccc1[N+](=O)[O-]. The number of rotatable bonds is 6. The van der Waals surface area contributed by atoms with Crippen LogP contribution in [0.2, 0.25) is 0 Å². The molecule has 0 unspecified atom stereocenters. The van der Waals surface area contributed by atoms with Crippen LogP contribution in [0.5, 0.6) is 5.75 Å². The standard InChI is InChI=1S/C20H21N3O6/c1-20(2)19(25)22(15-7-5-4-6-14(15)21-20)10-11-29-18(24)13-8-9-16(23(26)27)17(12-13)28-3/h4-9,12,21H,10-11H2,1-3H3. The number of ether oxygens (including phenoxy) is 2. The summed E-state index contributed by atoms with van der Waals surface area (Å²) in [5.41, 5.74) is 0.631. The molecule has 0 aliphatic carbocycles. The summed E-state index contributed by atoms with van der Waals surface area (Å²) in [6.07, 6.45) is 0. The van der Waals surface area contributed by atoms with Crippen molar-refractivity contribution in [2.75, 3.05) is 30.5 Å². The summed E-state index contributed by atoms with van der Waals surface area (Å²) in [5, 5.41) is 14.2. The van der Waals surface area contributed by atoms with Crippen molar-refractivity contribution in [3.8, 4) is 5.75 Å². The van der Waals surface area contributed by atoms with Gasteiger partial charge in [-0.25, -0.2) is 4.79 Å². The molecule has 1 amide bonds. The predicted octanol–water partition coefficient (Wildman–Crippen LogP) is 3.00. The summed E-state index contributed by atoms with van der Waals surface area (Å²) in [6, 6.07) is 11.1. The highest BCUT2D eigenvalue weighted by Gasteiger charge is 2.38. The molecule has 1 aliphatic rings. The van der Waals surface area contributed by atoms with Crippen molar-refractivity contribution >= 4 is 28.9 Å². The van der Waals surface area contributed by atoms with Crippen molar-refractivity contribution in [3.63, 3.8) is 0 Å². The van der Waals surface area contributed by atoms with Crippen LogP contribution in [0.1, 0.15) is 24.2 Å². The minimum absolute atomic E-state index is 0.0302. The van der Waals surface area contributed by atoms with Gasteiger partial charge in [-0.2, -0.15) is 0 Å². The molecule has 3 rings (SSSR count). The molecule has 0 aromatic heterocycles. The summed E-state index contributed by atoms with van der Waals surface area (Å²) in [7, 11) is 1.28. The number of nitrogens with one attached hydrogen (secondary N) is 1. The first kappa shape index (κ1) is 20.1. The van der Waals surface area contributed by atoms with Crippen LogP contribution in [0.4, 0.5) is 17.1 Å². The number of methoxy groups -OCH3 is 1. The lowest BCUT2D eigenvalue weighted by Gasteiger charge is -2.39. The molecule has 0 spiro atoms. The van der Waals surface area contributed by atoms with Gasteiger partial charge in [0.25, 0.3) is 5.91 Å². The fourth-order valence-electron chi connectivity index (χ4n) is 3.14. The highest BCUT2D eigenvalue weighted by Crippen LogP contribution is 2.34. The monoisotopic (exact) mass is 399 g/mol. The van der Waals surface area contributed by atoms with E-state index in [1.54, 1.807) is 18.7 Å². The van der Waals surface area contributed by atoms with E-state index in [9.17, 15) is 19.7 Å². The molecular weight excluding hydrogens is 378 g/mol. The second kappa shape index (κ2) is 7.78. The van der Waals surface area contributed by atoms with Gasteiger partial charge in [-0.3, -0.25) is 14.9 Å². The maximum atomic E-state index is 12.8. The minimum atomic E-state index is -0.788. The minimum Gasteiger partial charge on any atom is -0.490 e. The van der Waals surface area contributed by atoms with Gasteiger partial charge in [0, 0.05) is 12.1 Å². The van der Waals surface area contributed by atoms with Gasteiger partial charge in [-0.05, 0) is 32.0 Å². The van der Waals surface area contributed by atoms with Crippen LogP contribution in [-0.4, -0.2) is 42.6 Å². The molecule has 1 heterocycles. The second-order valence-corrected chi connectivity index (χ2v) is 7.00. The Bertz CT molecular complexity index is 972. The number of hydrogen-bond acceptors (Lipinski definition) is 7. The van der Waals surface area contributed by atoms with E-state index in [1.165, 1.54) is 25.3 Å². The number of carbonyl (C=O) groups excluding carboxylic acids is 2. The van der Waals surface area contributed by atoms with E-state index in [0.29, 0.717) is 5.69 Å². The Morgan fingerprint density at radius 2 is 1.97 bits per heavy atom. The van der Waals surface area contributed by atoms with Gasteiger partial charge in [0.1, 0.15) is 12.1 Å². The number of benzene rings is 2. The number of hydrogen-bond donors (Lipinski definition) is 1. The summed E-state index contributed by atoms with van der Waals surface area (Å²) in [6.45, 7) is 3.71. The van der Waals surface area contributed by atoms with Crippen molar-refractivity contribution in [1.29, 1.82) is 0 Å². The second-order valence-electron chi connectivity index (χ2n) is 7.00. The van der Waals surface area contributed by atoms with Crippen LogP contribution in [0.25, 0.3) is 0 Å². The third-order valence-electron chi connectivity index (χ3n) is 4.58. The van der Waals surface area contributed by atoms with Gasteiger partial charge in [0.15, 0.2) is 5.75 Å². The number of fused-ring (bicyclic) bond motifs is 1. The lowest BCUT2D eigenvalue weighted by Crippen LogP contribution is -2.54. The third kappa shape index (κ3) is 3.98. The number of nitrogens with zero attached hydrogens (tertiary/aromatic N) is 2. The Morgan fingerprint density at radius 1 is 1.24 bits per heavy atom. The largest absolute Gasteiger partial charge is 0.490 e. The molecule has 0 radical (unpaired) electrons. The fraction of sp³-hybridized carbons (Fsp3) is 0.300. The maximum Gasteiger partial charge on any atom is 0.338 e. The zero-order valence-electron chi connectivity index (χ0n) is 16.3. The first-order valence-electron chi connectivity index (χ1n) is 8.93. The number of nitro benzene ring substituents is 1. The number of amides is 1. The van der Waals surface area contributed by atoms with E-state index in [0.717, 1.165) is 5.69 Å². The first-order valence-corrected chi connectivity index (χ1v) is 8.93. The Kier molecular flexibility index (Phi) is 5.40. The van der Waals surface area contributed by atoms with E-state index in [-0.39, 0.29) is 36.1 Å². The molecule has 2 aromatic rings. The molecule has 9 nitrogen and oxygen atoms in total. The quantitative estimate of drug-likeness (QED) is 0.451. The molecule has 1 N–H and O–H groups in total.